The van der Waals surface area contributed by atoms with Gasteiger partial charge in [-0.05, 0) is 43.2 Å². The summed E-state index contributed by atoms with van der Waals surface area (Å²) in [5.74, 6) is 0.228. The number of aromatic nitrogens is 2. The molecule has 3 heterocycles. The minimum atomic E-state index is 0.165. The second kappa shape index (κ2) is 5.79. The number of rotatable bonds is 3. The maximum absolute atomic E-state index is 12.6. The van der Waals surface area contributed by atoms with Crippen molar-refractivity contribution in [1.82, 2.24) is 15.1 Å². The molecule has 0 saturated carbocycles. The van der Waals surface area contributed by atoms with E-state index >= 15 is 0 Å². The highest BCUT2D eigenvalue weighted by Crippen LogP contribution is 2.32. The third-order valence-corrected chi connectivity index (χ3v) is 4.81. The normalized spacial score (nSPS) is 19.2. The van der Waals surface area contributed by atoms with Crippen molar-refractivity contribution in [2.45, 2.75) is 38.6 Å². The third kappa shape index (κ3) is 2.63. The fourth-order valence-electron chi connectivity index (χ4n) is 2.89. The highest BCUT2D eigenvalue weighted by molar-refractivity contribution is 7.10. The molecule has 1 unspecified atom stereocenters. The van der Waals surface area contributed by atoms with Crippen LogP contribution in [0.1, 0.15) is 41.4 Å². The number of aromatic amines is 1. The first-order chi connectivity index (χ1) is 9.75. The zero-order chi connectivity index (χ0) is 13.9. The van der Waals surface area contributed by atoms with Crippen molar-refractivity contribution in [3.63, 3.8) is 0 Å². The molecule has 0 radical (unpaired) electrons. The molecule has 1 amide bonds. The summed E-state index contributed by atoms with van der Waals surface area (Å²) in [7, 11) is 0. The van der Waals surface area contributed by atoms with Gasteiger partial charge in [0.15, 0.2) is 0 Å². The number of piperidine rings is 1. The molecule has 20 heavy (non-hydrogen) atoms. The van der Waals surface area contributed by atoms with Crippen molar-refractivity contribution in [3.8, 4) is 0 Å². The van der Waals surface area contributed by atoms with Crippen LogP contribution in [-0.4, -0.2) is 27.5 Å². The van der Waals surface area contributed by atoms with Gasteiger partial charge in [0.25, 0.3) is 0 Å². The van der Waals surface area contributed by atoms with Crippen LogP contribution in [0.4, 0.5) is 0 Å². The Morgan fingerprint density at radius 1 is 1.55 bits per heavy atom. The second-order valence-electron chi connectivity index (χ2n) is 5.32. The molecule has 0 spiro atoms. The van der Waals surface area contributed by atoms with E-state index in [-0.39, 0.29) is 11.9 Å². The molecule has 1 aliphatic rings. The monoisotopic (exact) mass is 289 g/mol. The number of hydrogen-bond donors (Lipinski definition) is 1. The smallest absolute Gasteiger partial charge is 0.228 e. The lowest BCUT2D eigenvalue weighted by molar-refractivity contribution is -0.134. The molecular weight excluding hydrogens is 270 g/mol. The molecule has 0 aliphatic carbocycles. The van der Waals surface area contributed by atoms with E-state index in [2.05, 4.69) is 17.1 Å². The van der Waals surface area contributed by atoms with Crippen LogP contribution in [0.25, 0.3) is 0 Å². The average molecular weight is 289 g/mol. The van der Waals surface area contributed by atoms with Crippen LogP contribution in [0.5, 0.6) is 0 Å². The fraction of sp³-hybridized carbons (Fsp3) is 0.467. The van der Waals surface area contributed by atoms with Gasteiger partial charge in [-0.2, -0.15) is 5.10 Å². The topological polar surface area (TPSA) is 49.0 Å². The second-order valence-corrected chi connectivity index (χ2v) is 6.35. The lowest BCUT2D eigenvalue weighted by Crippen LogP contribution is -2.39. The standard InChI is InChI=1S/C15H19N3OS/c1-11-10-16-17-15(11)13-6-2-3-7-18(13)14(19)9-12-5-4-8-20-12/h4-5,8,10,13H,2-3,6-7,9H2,1H3,(H,16,17). The zero-order valence-electron chi connectivity index (χ0n) is 11.6. The van der Waals surface area contributed by atoms with E-state index in [9.17, 15) is 4.79 Å². The Bertz CT molecular complexity index is 576. The molecule has 1 aliphatic heterocycles. The lowest BCUT2D eigenvalue weighted by Gasteiger charge is -2.35. The summed E-state index contributed by atoms with van der Waals surface area (Å²) in [6.07, 6.45) is 5.65. The van der Waals surface area contributed by atoms with Crippen LogP contribution in [0.15, 0.2) is 23.7 Å². The molecule has 4 nitrogen and oxygen atoms in total. The predicted molar refractivity (Wildman–Crippen MR) is 79.7 cm³/mol. The van der Waals surface area contributed by atoms with Crippen molar-refractivity contribution in [1.29, 1.82) is 0 Å². The Kier molecular flexibility index (Phi) is 3.87. The number of thiophene rings is 1. The Hall–Kier alpha value is -1.62. The quantitative estimate of drug-likeness (QED) is 0.944. The van der Waals surface area contributed by atoms with Crippen molar-refractivity contribution in [3.05, 3.63) is 39.8 Å². The van der Waals surface area contributed by atoms with Gasteiger partial charge in [-0.15, -0.1) is 11.3 Å². The Morgan fingerprint density at radius 2 is 2.45 bits per heavy atom. The summed E-state index contributed by atoms with van der Waals surface area (Å²) in [6.45, 7) is 2.91. The van der Waals surface area contributed by atoms with Crippen LogP contribution in [0, 0.1) is 6.92 Å². The molecule has 1 saturated heterocycles. The third-order valence-electron chi connectivity index (χ3n) is 3.93. The summed E-state index contributed by atoms with van der Waals surface area (Å²) in [5.41, 5.74) is 2.25. The van der Waals surface area contributed by atoms with Crippen LogP contribution in [0.2, 0.25) is 0 Å². The number of carbonyl (C=O) groups is 1. The highest BCUT2D eigenvalue weighted by Gasteiger charge is 2.29. The van der Waals surface area contributed by atoms with Crippen molar-refractivity contribution >= 4 is 17.2 Å². The summed E-state index contributed by atoms with van der Waals surface area (Å²) in [6, 6.07) is 4.20. The molecule has 1 fully saturated rings. The minimum absolute atomic E-state index is 0.165. The van der Waals surface area contributed by atoms with Gasteiger partial charge < -0.3 is 4.90 Å². The molecule has 2 aromatic rings. The number of amides is 1. The van der Waals surface area contributed by atoms with E-state index in [4.69, 9.17) is 0 Å². The predicted octanol–water partition coefficient (Wildman–Crippen LogP) is 3.08. The first-order valence-corrected chi connectivity index (χ1v) is 7.95. The molecule has 106 valence electrons. The molecule has 0 bridgehead atoms. The van der Waals surface area contributed by atoms with Gasteiger partial charge in [-0.25, -0.2) is 0 Å². The largest absolute Gasteiger partial charge is 0.334 e. The van der Waals surface area contributed by atoms with E-state index in [1.165, 1.54) is 6.42 Å². The van der Waals surface area contributed by atoms with Crippen LogP contribution >= 0.6 is 11.3 Å². The SMILES string of the molecule is Cc1cn[nH]c1C1CCCCN1C(=O)Cc1cccs1. The number of H-pyrrole nitrogens is 1. The molecular formula is C15H19N3OS. The van der Waals surface area contributed by atoms with Crippen LogP contribution in [-0.2, 0) is 11.2 Å². The van der Waals surface area contributed by atoms with Gasteiger partial charge in [-0.3, -0.25) is 9.89 Å². The number of nitrogens with zero attached hydrogens (tertiary/aromatic N) is 2. The number of aryl methyl sites for hydroxylation is 1. The number of likely N-dealkylation sites (tertiary alicyclic amines) is 1. The van der Waals surface area contributed by atoms with Crippen LogP contribution < -0.4 is 0 Å². The Balaban J connectivity index is 1.78. The summed E-state index contributed by atoms with van der Waals surface area (Å²) in [4.78, 5) is 15.8. The molecule has 5 heteroatoms. The number of hydrogen-bond acceptors (Lipinski definition) is 3. The van der Waals surface area contributed by atoms with Gasteiger partial charge in [0.05, 0.1) is 24.4 Å². The highest BCUT2D eigenvalue weighted by atomic mass is 32.1. The zero-order valence-corrected chi connectivity index (χ0v) is 12.4. The fourth-order valence-corrected chi connectivity index (χ4v) is 3.58. The van der Waals surface area contributed by atoms with Crippen molar-refractivity contribution in [2.24, 2.45) is 0 Å². The van der Waals surface area contributed by atoms with Gasteiger partial charge in [0, 0.05) is 11.4 Å². The van der Waals surface area contributed by atoms with Crippen LogP contribution in [0.3, 0.4) is 0 Å². The van der Waals surface area contributed by atoms with Gasteiger partial charge in [0.1, 0.15) is 0 Å². The Morgan fingerprint density at radius 3 is 3.15 bits per heavy atom. The first-order valence-electron chi connectivity index (χ1n) is 7.07. The van der Waals surface area contributed by atoms with E-state index < -0.39 is 0 Å². The van der Waals surface area contributed by atoms with Gasteiger partial charge in [0.2, 0.25) is 5.91 Å². The summed E-state index contributed by atoms with van der Waals surface area (Å²) >= 11 is 1.65. The first kappa shape index (κ1) is 13.4. The molecule has 2 aromatic heterocycles. The van der Waals surface area contributed by atoms with E-state index in [1.54, 1.807) is 11.3 Å². The van der Waals surface area contributed by atoms with E-state index in [0.29, 0.717) is 6.42 Å². The average Bonchev–Trinajstić information content (AvgIpc) is 3.10. The van der Waals surface area contributed by atoms with Gasteiger partial charge >= 0.3 is 0 Å². The van der Waals surface area contributed by atoms with E-state index in [0.717, 1.165) is 35.5 Å². The van der Waals surface area contributed by atoms with E-state index in [1.807, 2.05) is 28.6 Å². The van der Waals surface area contributed by atoms with Crippen molar-refractivity contribution in [2.75, 3.05) is 6.54 Å². The summed E-state index contributed by atoms with van der Waals surface area (Å²) < 4.78 is 0. The van der Waals surface area contributed by atoms with Gasteiger partial charge in [-0.1, -0.05) is 6.07 Å². The molecule has 0 aromatic carbocycles. The summed E-state index contributed by atoms with van der Waals surface area (Å²) in [5, 5.41) is 9.21. The van der Waals surface area contributed by atoms with Crippen molar-refractivity contribution < 1.29 is 4.79 Å². The molecule has 1 N–H and O–H groups in total. The molecule has 1 atom stereocenters. The number of carbonyl (C=O) groups excluding carboxylic acids is 1. The lowest BCUT2D eigenvalue weighted by atomic mass is 9.97. The minimum Gasteiger partial charge on any atom is -0.334 e. The Labute approximate surface area is 122 Å². The maximum Gasteiger partial charge on any atom is 0.228 e. The number of nitrogens with one attached hydrogen (secondary N) is 1. The molecule has 3 rings (SSSR count). The maximum atomic E-state index is 12.6.